The van der Waals surface area contributed by atoms with Gasteiger partial charge in [0.25, 0.3) is 11.8 Å². The number of hydrogen-bond donors (Lipinski definition) is 2. The molecular weight excluding hydrogens is 166 g/mol. The van der Waals surface area contributed by atoms with Crippen molar-refractivity contribution in [1.29, 1.82) is 0 Å². The van der Waals surface area contributed by atoms with Crippen molar-refractivity contribution < 1.29 is 13.6 Å². The molecule has 0 aromatic carbocycles. The molecule has 1 rings (SSSR count). The highest BCUT2D eigenvalue weighted by Gasteiger charge is 2.29. The zero-order valence-electron chi connectivity index (χ0n) is 6.40. The molecule has 0 unspecified atom stereocenters. The first-order valence-corrected chi connectivity index (χ1v) is 3.28. The lowest BCUT2D eigenvalue weighted by Gasteiger charge is -2.08. The van der Waals surface area contributed by atoms with Crippen LogP contribution in [-0.4, -0.2) is 10.9 Å². The van der Waals surface area contributed by atoms with Crippen LogP contribution in [0.5, 0.6) is 0 Å². The van der Waals surface area contributed by atoms with E-state index in [0.29, 0.717) is 6.92 Å². The summed E-state index contributed by atoms with van der Waals surface area (Å²) in [5.41, 5.74) is 4.33. The number of rotatable bonds is 2. The molecule has 1 amide bonds. The van der Waals surface area contributed by atoms with Crippen LogP contribution in [0.15, 0.2) is 12.4 Å². The van der Waals surface area contributed by atoms with Crippen LogP contribution in [0.4, 0.5) is 8.78 Å². The third kappa shape index (κ3) is 1.44. The fourth-order valence-corrected chi connectivity index (χ4v) is 0.931. The van der Waals surface area contributed by atoms with Gasteiger partial charge in [-0.1, -0.05) is 0 Å². The molecule has 66 valence electrons. The summed E-state index contributed by atoms with van der Waals surface area (Å²) in [7, 11) is 0. The summed E-state index contributed by atoms with van der Waals surface area (Å²) in [5.74, 6) is -3.89. The van der Waals surface area contributed by atoms with Gasteiger partial charge in [-0.25, -0.2) is 8.78 Å². The quantitative estimate of drug-likeness (QED) is 0.695. The van der Waals surface area contributed by atoms with Crippen LogP contribution in [0.2, 0.25) is 0 Å². The Bertz CT molecular complexity index is 301. The Morgan fingerprint density at radius 3 is 2.50 bits per heavy atom. The number of primary amides is 1. The van der Waals surface area contributed by atoms with E-state index in [0.717, 1.165) is 12.4 Å². The molecule has 0 aliphatic heterocycles. The first-order valence-electron chi connectivity index (χ1n) is 3.28. The van der Waals surface area contributed by atoms with E-state index < -0.39 is 11.8 Å². The lowest BCUT2D eigenvalue weighted by Crippen LogP contribution is -2.17. The number of carbonyl (C=O) groups excluding carboxylic acids is 1. The van der Waals surface area contributed by atoms with Crippen LogP contribution in [0.1, 0.15) is 22.8 Å². The van der Waals surface area contributed by atoms with E-state index in [-0.39, 0.29) is 11.1 Å². The summed E-state index contributed by atoms with van der Waals surface area (Å²) in [4.78, 5) is 13.0. The third-order valence-corrected chi connectivity index (χ3v) is 1.48. The van der Waals surface area contributed by atoms with Crippen LogP contribution in [-0.2, 0) is 5.92 Å². The molecule has 0 aliphatic carbocycles. The highest BCUT2D eigenvalue weighted by molar-refractivity contribution is 5.94. The minimum atomic E-state index is -3.04. The number of hydrogen-bond acceptors (Lipinski definition) is 1. The molecular formula is C7H8F2N2O. The van der Waals surface area contributed by atoms with Crippen LogP contribution < -0.4 is 5.73 Å². The Morgan fingerprint density at radius 1 is 1.58 bits per heavy atom. The molecule has 0 saturated carbocycles. The van der Waals surface area contributed by atoms with Gasteiger partial charge in [-0.3, -0.25) is 4.79 Å². The number of nitrogens with one attached hydrogen (secondary N) is 1. The maximum Gasteiger partial charge on any atom is 0.272 e. The second kappa shape index (κ2) is 2.58. The molecule has 0 aliphatic rings. The summed E-state index contributed by atoms with van der Waals surface area (Å²) in [6, 6.07) is 0. The number of carbonyl (C=O) groups is 1. The fraction of sp³-hybridized carbons (Fsp3) is 0.286. The number of aromatic amines is 1. The number of nitrogens with two attached hydrogens (primary N) is 1. The molecule has 0 fully saturated rings. The van der Waals surface area contributed by atoms with E-state index in [4.69, 9.17) is 5.73 Å². The third-order valence-electron chi connectivity index (χ3n) is 1.48. The van der Waals surface area contributed by atoms with Gasteiger partial charge in [0, 0.05) is 19.3 Å². The van der Waals surface area contributed by atoms with E-state index in [1.807, 2.05) is 0 Å². The highest BCUT2D eigenvalue weighted by Crippen LogP contribution is 2.29. The first-order chi connectivity index (χ1) is 5.43. The molecule has 1 heterocycles. The number of amides is 1. The van der Waals surface area contributed by atoms with Gasteiger partial charge in [0.15, 0.2) is 0 Å². The molecule has 0 atom stereocenters. The Morgan fingerprint density at radius 2 is 2.17 bits per heavy atom. The molecule has 3 nitrogen and oxygen atoms in total. The first kappa shape index (κ1) is 8.70. The summed E-state index contributed by atoms with van der Waals surface area (Å²) in [6.45, 7) is 0.711. The number of halogens is 2. The van der Waals surface area contributed by atoms with Crippen LogP contribution in [0.25, 0.3) is 0 Å². The Labute approximate surface area is 67.6 Å². The lowest BCUT2D eigenvalue weighted by atomic mass is 10.1. The van der Waals surface area contributed by atoms with Crippen LogP contribution in [0, 0.1) is 0 Å². The van der Waals surface area contributed by atoms with E-state index >= 15 is 0 Å². The SMILES string of the molecule is CC(F)(F)c1c[nH]cc1C(N)=O. The summed E-state index contributed by atoms with van der Waals surface area (Å²) in [5, 5.41) is 0. The molecule has 0 spiro atoms. The number of aromatic nitrogens is 1. The van der Waals surface area contributed by atoms with Crippen molar-refractivity contribution in [3.05, 3.63) is 23.5 Å². The zero-order valence-corrected chi connectivity index (χ0v) is 6.40. The Hall–Kier alpha value is -1.39. The van der Waals surface area contributed by atoms with E-state index in [9.17, 15) is 13.6 Å². The van der Waals surface area contributed by atoms with Gasteiger partial charge >= 0.3 is 0 Å². The van der Waals surface area contributed by atoms with Crippen molar-refractivity contribution >= 4 is 5.91 Å². The Kier molecular flexibility index (Phi) is 1.87. The molecule has 5 heteroatoms. The van der Waals surface area contributed by atoms with E-state index in [1.54, 1.807) is 0 Å². The smallest absolute Gasteiger partial charge is 0.272 e. The van der Waals surface area contributed by atoms with Crippen molar-refractivity contribution in [1.82, 2.24) is 4.98 Å². The van der Waals surface area contributed by atoms with Crippen molar-refractivity contribution in [2.75, 3.05) is 0 Å². The average Bonchev–Trinajstić information content (AvgIpc) is 2.30. The second-order valence-electron chi connectivity index (χ2n) is 2.54. The van der Waals surface area contributed by atoms with Gasteiger partial charge < -0.3 is 10.7 Å². The highest BCUT2D eigenvalue weighted by atomic mass is 19.3. The summed E-state index contributed by atoms with van der Waals surface area (Å²) >= 11 is 0. The fourth-order valence-electron chi connectivity index (χ4n) is 0.931. The van der Waals surface area contributed by atoms with Crippen molar-refractivity contribution in [3.63, 3.8) is 0 Å². The second-order valence-corrected chi connectivity index (χ2v) is 2.54. The minimum Gasteiger partial charge on any atom is -0.366 e. The number of alkyl halides is 2. The van der Waals surface area contributed by atoms with Crippen molar-refractivity contribution in [2.45, 2.75) is 12.8 Å². The zero-order chi connectivity index (χ0) is 9.35. The predicted octanol–water partition coefficient (Wildman–Crippen LogP) is 1.23. The molecule has 0 bridgehead atoms. The molecule has 12 heavy (non-hydrogen) atoms. The van der Waals surface area contributed by atoms with Gasteiger partial charge in [0.05, 0.1) is 11.1 Å². The lowest BCUT2D eigenvalue weighted by molar-refractivity contribution is 0.0167. The molecule has 1 aromatic rings. The van der Waals surface area contributed by atoms with Gasteiger partial charge in [-0.2, -0.15) is 0 Å². The predicted molar refractivity (Wildman–Crippen MR) is 38.9 cm³/mol. The van der Waals surface area contributed by atoms with Gasteiger partial charge in [0.1, 0.15) is 0 Å². The van der Waals surface area contributed by atoms with Crippen LogP contribution in [0.3, 0.4) is 0 Å². The Balaban J connectivity index is 3.17. The minimum absolute atomic E-state index is 0.164. The largest absolute Gasteiger partial charge is 0.366 e. The number of H-pyrrole nitrogens is 1. The van der Waals surface area contributed by atoms with Gasteiger partial charge in [-0.05, 0) is 0 Å². The van der Waals surface area contributed by atoms with E-state index in [2.05, 4.69) is 4.98 Å². The maximum atomic E-state index is 12.7. The van der Waals surface area contributed by atoms with E-state index in [1.165, 1.54) is 0 Å². The van der Waals surface area contributed by atoms with Crippen LogP contribution >= 0.6 is 0 Å². The van der Waals surface area contributed by atoms with Crippen molar-refractivity contribution in [2.24, 2.45) is 5.73 Å². The molecule has 3 N–H and O–H groups in total. The molecule has 0 radical (unpaired) electrons. The summed E-state index contributed by atoms with van der Waals surface area (Å²) < 4.78 is 25.4. The monoisotopic (exact) mass is 174 g/mol. The molecule has 0 saturated heterocycles. The standard InChI is InChI=1S/C7H8F2N2O/c1-7(8,9)5-3-11-2-4(5)6(10)12/h2-3,11H,1H3,(H2,10,12). The normalized spacial score (nSPS) is 11.6. The van der Waals surface area contributed by atoms with Crippen molar-refractivity contribution in [3.8, 4) is 0 Å². The van der Waals surface area contributed by atoms with Gasteiger partial charge in [-0.15, -0.1) is 0 Å². The van der Waals surface area contributed by atoms with Gasteiger partial charge in [0.2, 0.25) is 0 Å². The maximum absolute atomic E-state index is 12.7. The topological polar surface area (TPSA) is 58.9 Å². The average molecular weight is 174 g/mol. The summed E-state index contributed by atoms with van der Waals surface area (Å²) in [6.07, 6.45) is 2.23. The molecule has 1 aromatic heterocycles.